The zero-order valence-corrected chi connectivity index (χ0v) is 12.4. The number of anilines is 1. The Bertz CT molecular complexity index is 714. The average molecular weight is 329 g/mol. The van der Waals surface area contributed by atoms with Crippen molar-refractivity contribution in [2.45, 2.75) is 26.2 Å². The van der Waals surface area contributed by atoms with Crippen LogP contribution in [0.4, 0.5) is 19.0 Å². The lowest BCUT2D eigenvalue weighted by molar-refractivity contribution is -0.137. The molecule has 10 heteroatoms. The molecule has 0 aliphatic rings. The minimum Gasteiger partial charge on any atom is -0.477 e. The van der Waals surface area contributed by atoms with Gasteiger partial charge in [0.2, 0.25) is 0 Å². The van der Waals surface area contributed by atoms with Gasteiger partial charge in [0.1, 0.15) is 12.1 Å². The molecule has 0 radical (unpaired) electrons. The van der Waals surface area contributed by atoms with Gasteiger partial charge in [-0.25, -0.2) is 9.78 Å². The number of aromatic nitrogens is 4. The van der Waals surface area contributed by atoms with Gasteiger partial charge in [0, 0.05) is 13.6 Å². The number of carboxylic acids is 1. The van der Waals surface area contributed by atoms with E-state index in [1.807, 2.05) is 6.92 Å². The fraction of sp³-hybridized carbons (Fsp3) is 0.385. The molecule has 0 saturated heterocycles. The summed E-state index contributed by atoms with van der Waals surface area (Å²) in [5.74, 6) is -1.42. The Morgan fingerprint density at radius 2 is 2.09 bits per heavy atom. The van der Waals surface area contributed by atoms with Gasteiger partial charge < -0.3 is 14.6 Å². The van der Waals surface area contributed by atoms with Gasteiger partial charge in [0.15, 0.2) is 11.5 Å². The molecule has 2 rings (SSSR count). The zero-order chi connectivity index (χ0) is 17.2. The number of rotatable bonds is 5. The molecule has 0 amide bonds. The van der Waals surface area contributed by atoms with Gasteiger partial charge >= 0.3 is 12.1 Å². The first-order valence-corrected chi connectivity index (χ1v) is 6.63. The van der Waals surface area contributed by atoms with E-state index in [2.05, 4.69) is 15.2 Å². The van der Waals surface area contributed by atoms with Crippen LogP contribution < -0.4 is 4.90 Å². The van der Waals surface area contributed by atoms with Crippen LogP contribution in [0.1, 0.15) is 28.8 Å². The van der Waals surface area contributed by atoms with Gasteiger partial charge in [-0.2, -0.15) is 13.2 Å². The predicted octanol–water partition coefficient (Wildman–Crippen LogP) is 2.05. The Hall–Kier alpha value is -2.65. The molecule has 0 aliphatic heterocycles. The fourth-order valence-electron chi connectivity index (χ4n) is 2.03. The van der Waals surface area contributed by atoms with Crippen molar-refractivity contribution >= 4 is 11.8 Å². The highest BCUT2D eigenvalue weighted by Gasteiger charge is 2.36. The SMILES string of the molecule is CCn1cnnc1CN(C)c1nc(C(=O)O)ccc1C(F)(F)F. The number of alkyl halides is 3. The standard InChI is InChI=1S/C13H14F3N5O2/c1-3-21-7-17-19-10(21)6-20(2)11-8(13(14,15)16)4-5-9(18-11)12(22)23/h4-5,7H,3,6H2,1-2H3,(H,22,23). The maximum Gasteiger partial charge on any atom is 0.419 e. The van der Waals surface area contributed by atoms with Crippen LogP contribution in [0.25, 0.3) is 0 Å². The average Bonchev–Trinajstić information content (AvgIpc) is 2.92. The molecule has 0 aromatic carbocycles. The number of halogens is 3. The normalized spacial score (nSPS) is 11.5. The van der Waals surface area contributed by atoms with Crippen LogP contribution in [-0.4, -0.2) is 37.9 Å². The van der Waals surface area contributed by atoms with Gasteiger partial charge in [0.05, 0.1) is 12.1 Å². The van der Waals surface area contributed by atoms with Crippen molar-refractivity contribution in [1.29, 1.82) is 0 Å². The highest BCUT2D eigenvalue weighted by Crippen LogP contribution is 2.35. The molecule has 0 aliphatic carbocycles. The molecule has 0 unspecified atom stereocenters. The smallest absolute Gasteiger partial charge is 0.419 e. The lowest BCUT2D eigenvalue weighted by Gasteiger charge is -2.22. The third-order valence-corrected chi connectivity index (χ3v) is 3.18. The van der Waals surface area contributed by atoms with Gasteiger partial charge in [-0.05, 0) is 19.1 Å². The van der Waals surface area contributed by atoms with Crippen molar-refractivity contribution in [2.24, 2.45) is 0 Å². The summed E-state index contributed by atoms with van der Waals surface area (Å²) in [7, 11) is 1.39. The molecule has 2 aromatic heterocycles. The van der Waals surface area contributed by atoms with Crippen molar-refractivity contribution in [2.75, 3.05) is 11.9 Å². The summed E-state index contributed by atoms with van der Waals surface area (Å²) in [5.41, 5.74) is -1.47. The molecule has 1 N–H and O–H groups in total. The second-order valence-corrected chi connectivity index (χ2v) is 4.76. The number of nitrogens with zero attached hydrogens (tertiary/aromatic N) is 5. The monoisotopic (exact) mass is 329 g/mol. The van der Waals surface area contributed by atoms with E-state index in [0.29, 0.717) is 18.4 Å². The first-order valence-electron chi connectivity index (χ1n) is 6.63. The maximum atomic E-state index is 13.1. The Kier molecular flexibility index (Phi) is 4.52. The summed E-state index contributed by atoms with van der Waals surface area (Å²) in [6, 6.07) is 1.55. The quantitative estimate of drug-likeness (QED) is 0.904. The van der Waals surface area contributed by atoms with Crippen LogP contribution in [0.2, 0.25) is 0 Å². The summed E-state index contributed by atoms with van der Waals surface area (Å²) < 4.78 is 41.0. The number of hydrogen-bond acceptors (Lipinski definition) is 5. The van der Waals surface area contributed by atoms with Crippen LogP contribution in [0.15, 0.2) is 18.5 Å². The topological polar surface area (TPSA) is 84.1 Å². The lowest BCUT2D eigenvalue weighted by atomic mass is 10.2. The summed E-state index contributed by atoms with van der Waals surface area (Å²) >= 11 is 0. The highest BCUT2D eigenvalue weighted by atomic mass is 19.4. The number of aryl methyl sites for hydroxylation is 1. The second-order valence-electron chi connectivity index (χ2n) is 4.76. The van der Waals surface area contributed by atoms with Gasteiger partial charge in [0.25, 0.3) is 0 Å². The molecule has 2 heterocycles. The molecule has 0 spiro atoms. The van der Waals surface area contributed by atoms with Crippen molar-refractivity contribution in [1.82, 2.24) is 19.7 Å². The third kappa shape index (κ3) is 3.58. The molecular weight excluding hydrogens is 315 g/mol. The second kappa shape index (κ2) is 6.23. The number of carbonyl (C=O) groups is 1. The molecule has 0 atom stereocenters. The van der Waals surface area contributed by atoms with Gasteiger partial charge in [-0.15, -0.1) is 10.2 Å². The fourth-order valence-corrected chi connectivity index (χ4v) is 2.03. The highest BCUT2D eigenvalue weighted by molar-refractivity contribution is 5.86. The van der Waals surface area contributed by atoms with E-state index in [9.17, 15) is 18.0 Å². The van der Waals surface area contributed by atoms with Crippen LogP contribution in [0.5, 0.6) is 0 Å². The summed E-state index contributed by atoms with van der Waals surface area (Å²) in [6.07, 6.45) is -3.18. The van der Waals surface area contributed by atoms with Crippen LogP contribution in [0, 0.1) is 0 Å². The zero-order valence-electron chi connectivity index (χ0n) is 12.4. The summed E-state index contributed by atoms with van der Waals surface area (Å²) in [6.45, 7) is 2.41. The van der Waals surface area contributed by atoms with Gasteiger partial charge in [-0.3, -0.25) is 0 Å². The van der Waals surface area contributed by atoms with E-state index < -0.39 is 29.2 Å². The molecule has 7 nitrogen and oxygen atoms in total. The van der Waals surface area contributed by atoms with Crippen molar-refractivity contribution in [3.05, 3.63) is 35.5 Å². The molecule has 0 fully saturated rings. The van der Waals surface area contributed by atoms with Crippen LogP contribution >= 0.6 is 0 Å². The Morgan fingerprint density at radius 1 is 1.39 bits per heavy atom. The first kappa shape index (κ1) is 16.7. The van der Waals surface area contributed by atoms with E-state index in [0.717, 1.165) is 6.07 Å². The minimum absolute atomic E-state index is 0.00694. The van der Waals surface area contributed by atoms with Crippen molar-refractivity contribution in [3.8, 4) is 0 Å². The van der Waals surface area contributed by atoms with E-state index in [1.54, 1.807) is 4.57 Å². The van der Waals surface area contributed by atoms with Gasteiger partial charge in [-0.1, -0.05) is 0 Å². The molecule has 124 valence electrons. The Labute approximate surface area is 129 Å². The molecule has 0 saturated carbocycles. The third-order valence-electron chi connectivity index (χ3n) is 3.18. The predicted molar refractivity (Wildman–Crippen MR) is 74.0 cm³/mol. The van der Waals surface area contributed by atoms with Crippen LogP contribution in [-0.2, 0) is 19.3 Å². The summed E-state index contributed by atoms with van der Waals surface area (Å²) in [4.78, 5) is 15.8. The maximum absolute atomic E-state index is 13.1. The molecule has 2 aromatic rings. The molecular formula is C13H14F3N5O2. The largest absolute Gasteiger partial charge is 0.477 e. The van der Waals surface area contributed by atoms with E-state index in [1.165, 1.54) is 18.3 Å². The Morgan fingerprint density at radius 3 is 2.65 bits per heavy atom. The number of hydrogen-bond donors (Lipinski definition) is 1. The van der Waals surface area contributed by atoms with Crippen molar-refractivity contribution < 1.29 is 23.1 Å². The molecule has 23 heavy (non-hydrogen) atoms. The minimum atomic E-state index is -4.65. The van der Waals surface area contributed by atoms with E-state index in [-0.39, 0.29) is 6.54 Å². The van der Waals surface area contributed by atoms with E-state index >= 15 is 0 Å². The summed E-state index contributed by atoms with van der Waals surface area (Å²) in [5, 5.41) is 16.5. The van der Waals surface area contributed by atoms with Crippen LogP contribution in [0.3, 0.4) is 0 Å². The molecule has 0 bridgehead atoms. The number of aromatic carboxylic acids is 1. The van der Waals surface area contributed by atoms with E-state index in [4.69, 9.17) is 5.11 Å². The Balaban J connectivity index is 2.42. The van der Waals surface area contributed by atoms with Crippen molar-refractivity contribution in [3.63, 3.8) is 0 Å². The number of carboxylic acid groups (broad SMARTS) is 1. The lowest BCUT2D eigenvalue weighted by Crippen LogP contribution is -2.25. The first-order chi connectivity index (χ1) is 10.7. The number of pyridine rings is 1.